The van der Waals surface area contributed by atoms with Gasteiger partial charge in [-0.15, -0.1) is 10.2 Å². The number of urea groups is 1. The van der Waals surface area contributed by atoms with Crippen LogP contribution in [-0.2, 0) is 6.54 Å². The summed E-state index contributed by atoms with van der Waals surface area (Å²) < 4.78 is 0. The Labute approximate surface area is 125 Å². The third kappa shape index (κ3) is 2.33. The van der Waals surface area contributed by atoms with E-state index in [1.165, 1.54) is 11.1 Å². The third-order valence-corrected chi connectivity index (χ3v) is 3.27. The molecule has 0 atom stereocenters. The molecule has 1 aliphatic heterocycles. The van der Waals surface area contributed by atoms with Crippen molar-refractivity contribution in [3.05, 3.63) is 35.8 Å². The standard InChI is InChI=1S/C13H12N8O/c1-21-11-8(6-16-13(21)22)3-2-4-10(11)15-7-9(5-14)12-17-19-20-18-12/h2-4,7,15H,6H2,1H3,(H,16,22)(H,17,18,19,20). The van der Waals surface area contributed by atoms with Crippen molar-refractivity contribution in [3.8, 4) is 6.07 Å². The quantitative estimate of drug-likeness (QED) is 0.721. The lowest BCUT2D eigenvalue weighted by Gasteiger charge is -2.28. The highest BCUT2D eigenvalue weighted by molar-refractivity contribution is 5.98. The number of rotatable bonds is 3. The summed E-state index contributed by atoms with van der Waals surface area (Å²) >= 11 is 0. The van der Waals surface area contributed by atoms with Crippen LogP contribution in [0, 0.1) is 11.3 Å². The molecule has 0 aliphatic carbocycles. The van der Waals surface area contributed by atoms with Gasteiger partial charge in [0.1, 0.15) is 11.6 Å². The number of H-pyrrole nitrogens is 1. The van der Waals surface area contributed by atoms with Gasteiger partial charge in [-0.3, -0.25) is 4.90 Å². The number of nitrogens with one attached hydrogen (secondary N) is 3. The third-order valence-electron chi connectivity index (χ3n) is 3.27. The fourth-order valence-corrected chi connectivity index (χ4v) is 2.21. The molecule has 1 aliphatic rings. The molecule has 2 heterocycles. The van der Waals surface area contributed by atoms with Crippen molar-refractivity contribution in [2.75, 3.05) is 17.3 Å². The lowest BCUT2D eigenvalue weighted by Crippen LogP contribution is -2.41. The molecular weight excluding hydrogens is 284 g/mol. The number of benzene rings is 1. The second-order valence-corrected chi connectivity index (χ2v) is 4.58. The lowest BCUT2D eigenvalue weighted by atomic mass is 10.1. The molecule has 0 bridgehead atoms. The van der Waals surface area contributed by atoms with Gasteiger partial charge < -0.3 is 10.6 Å². The summed E-state index contributed by atoms with van der Waals surface area (Å²) in [6, 6.07) is 7.46. The Balaban J connectivity index is 1.94. The Morgan fingerprint density at radius 3 is 3.14 bits per heavy atom. The van der Waals surface area contributed by atoms with Gasteiger partial charge in [-0.1, -0.05) is 12.1 Å². The van der Waals surface area contributed by atoms with E-state index in [4.69, 9.17) is 5.26 Å². The fourth-order valence-electron chi connectivity index (χ4n) is 2.21. The van der Waals surface area contributed by atoms with Gasteiger partial charge in [-0.2, -0.15) is 10.5 Å². The van der Waals surface area contributed by atoms with Gasteiger partial charge in [0.15, 0.2) is 0 Å². The summed E-state index contributed by atoms with van der Waals surface area (Å²) in [5, 5.41) is 28.2. The molecule has 2 aromatic rings. The Bertz CT molecular complexity index is 774. The highest BCUT2D eigenvalue weighted by Gasteiger charge is 2.22. The first-order valence-electron chi connectivity index (χ1n) is 6.45. The number of nitrogens with zero attached hydrogens (tertiary/aromatic N) is 5. The predicted molar refractivity (Wildman–Crippen MR) is 78.5 cm³/mol. The molecule has 22 heavy (non-hydrogen) atoms. The van der Waals surface area contributed by atoms with Crippen LogP contribution in [0.3, 0.4) is 0 Å². The maximum absolute atomic E-state index is 11.8. The van der Waals surface area contributed by atoms with Gasteiger partial charge in [-0.25, -0.2) is 4.79 Å². The van der Waals surface area contributed by atoms with E-state index in [1.54, 1.807) is 7.05 Å². The topological polar surface area (TPSA) is 123 Å². The molecule has 0 spiro atoms. The van der Waals surface area contributed by atoms with Crippen LogP contribution in [0.1, 0.15) is 11.4 Å². The van der Waals surface area contributed by atoms with Gasteiger partial charge in [0.25, 0.3) is 0 Å². The zero-order chi connectivity index (χ0) is 15.5. The number of para-hydroxylation sites is 1. The minimum atomic E-state index is -0.176. The first kappa shape index (κ1) is 13.6. The van der Waals surface area contributed by atoms with Crippen LogP contribution >= 0.6 is 0 Å². The van der Waals surface area contributed by atoms with Crippen molar-refractivity contribution in [1.29, 1.82) is 5.26 Å². The molecule has 0 fully saturated rings. The van der Waals surface area contributed by atoms with Crippen LogP contribution in [-0.4, -0.2) is 33.7 Å². The van der Waals surface area contributed by atoms with Gasteiger partial charge in [0.05, 0.1) is 11.4 Å². The number of carbonyl (C=O) groups excluding carboxylic acids is 1. The summed E-state index contributed by atoms with van der Waals surface area (Å²) in [6.07, 6.45) is 1.49. The summed E-state index contributed by atoms with van der Waals surface area (Å²) in [4.78, 5) is 13.3. The molecule has 110 valence electrons. The van der Waals surface area contributed by atoms with E-state index in [0.29, 0.717) is 12.2 Å². The normalized spacial score (nSPS) is 14.1. The van der Waals surface area contributed by atoms with Gasteiger partial charge in [-0.05, 0) is 16.8 Å². The molecule has 1 aromatic heterocycles. The van der Waals surface area contributed by atoms with Crippen molar-refractivity contribution in [3.63, 3.8) is 0 Å². The van der Waals surface area contributed by atoms with Crippen LogP contribution in [0.15, 0.2) is 24.4 Å². The maximum atomic E-state index is 11.8. The fraction of sp³-hybridized carbons (Fsp3) is 0.154. The van der Waals surface area contributed by atoms with Crippen molar-refractivity contribution in [2.24, 2.45) is 0 Å². The molecule has 1 aromatic carbocycles. The highest BCUT2D eigenvalue weighted by Crippen LogP contribution is 2.32. The van der Waals surface area contributed by atoms with E-state index in [0.717, 1.165) is 11.3 Å². The molecule has 3 rings (SSSR count). The number of hydrogen-bond donors (Lipinski definition) is 3. The SMILES string of the molecule is CN1C(=O)NCc2cccc(NC=C(C#N)c3nn[nH]n3)c21. The Morgan fingerprint density at radius 1 is 1.55 bits per heavy atom. The van der Waals surface area contributed by atoms with Crippen molar-refractivity contribution in [2.45, 2.75) is 6.54 Å². The summed E-state index contributed by atoms with van der Waals surface area (Å²) in [6.45, 7) is 0.466. The van der Waals surface area contributed by atoms with Crippen molar-refractivity contribution >= 4 is 23.0 Å². The molecule has 0 unspecified atom stereocenters. The van der Waals surface area contributed by atoms with Crippen LogP contribution < -0.4 is 15.5 Å². The molecule has 9 nitrogen and oxygen atoms in total. The largest absolute Gasteiger partial charge is 0.359 e. The number of nitriles is 1. The minimum Gasteiger partial charge on any atom is -0.359 e. The zero-order valence-corrected chi connectivity index (χ0v) is 11.7. The second kappa shape index (κ2) is 5.53. The number of hydrogen-bond acceptors (Lipinski definition) is 6. The van der Waals surface area contributed by atoms with E-state index in [2.05, 4.69) is 31.3 Å². The summed E-state index contributed by atoms with van der Waals surface area (Å²) in [5.74, 6) is 0.200. The van der Waals surface area contributed by atoms with E-state index in [-0.39, 0.29) is 17.4 Å². The van der Waals surface area contributed by atoms with E-state index in [1.807, 2.05) is 24.3 Å². The number of anilines is 2. The Hall–Kier alpha value is -3.41. The monoisotopic (exact) mass is 296 g/mol. The predicted octanol–water partition coefficient (Wildman–Crippen LogP) is 0.836. The average Bonchev–Trinajstić information content (AvgIpc) is 3.06. The number of fused-ring (bicyclic) bond motifs is 1. The molecule has 3 N–H and O–H groups in total. The van der Waals surface area contributed by atoms with Gasteiger partial charge in [0.2, 0.25) is 5.82 Å². The first-order valence-corrected chi connectivity index (χ1v) is 6.45. The molecule has 0 saturated carbocycles. The van der Waals surface area contributed by atoms with E-state index >= 15 is 0 Å². The zero-order valence-electron chi connectivity index (χ0n) is 11.7. The average molecular weight is 296 g/mol. The molecule has 2 amide bonds. The molecule has 9 heteroatoms. The second-order valence-electron chi connectivity index (χ2n) is 4.58. The number of aromatic nitrogens is 4. The Morgan fingerprint density at radius 2 is 2.41 bits per heavy atom. The summed E-state index contributed by atoms with van der Waals surface area (Å²) in [5.41, 5.74) is 2.70. The molecule has 0 radical (unpaired) electrons. The number of carbonyl (C=O) groups is 1. The summed E-state index contributed by atoms with van der Waals surface area (Å²) in [7, 11) is 1.69. The number of allylic oxidation sites excluding steroid dienone is 1. The number of amides is 2. The van der Waals surface area contributed by atoms with E-state index in [9.17, 15) is 4.79 Å². The van der Waals surface area contributed by atoms with Crippen LogP contribution in [0.25, 0.3) is 5.57 Å². The first-order chi connectivity index (χ1) is 10.7. The lowest BCUT2D eigenvalue weighted by molar-refractivity contribution is 0.246. The minimum absolute atomic E-state index is 0.176. The van der Waals surface area contributed by atoms with Crippen molar-refractivity contribution in [1.82, 2.24) is 25.9 Å². The maximum Gasteiger partial charge on any atom is 0.321 e. The van der Waals surface area contributed by atoms with Crippen LogP contribution in [0.5, 0.6) is 0 Å². The molecule has 0 saturated heterocycles. The number of tetrazole rings is 1. The molecular formula is C13H12N8O. The van der Waals surface area contributed by atoms with Gasteiger partial charge >= 0.3 is 6.03 Å². The van der Waals surface area contributed by atoms with Crippen LogP contribution in [0.4, 0.5) is 16.2 Å². The van der Waals surface area contributed by atoms with Crippen molar-refractivity contribution < 1.29 is 4.79 Å². The van der Waals surface area contributed by atoms with Crippen LogP contribution in [0.2, 0.25) is 0 Å². The smallest absolute Gasteiger partial charge is 0.321 e. The number of aromatic amines is 1. The van der Waals surface area contributed by atoms with Gasteiger partial charge in [0, 0.05) is 19.8 Å². The van der Waals surface area contributed by atoms with E-state index < -0.39 is 0 Å². The Kier molecular flexibility index (Phi) is 3.41. The highest BCUT2D eigenvalue weighted by atomic mass is 16.2.